The fourth-order valence-electron chi connectivity index (χ4n) is 5.34. The Balaban J connectivity index is 1.19. The number of pyridine rings is 1. The van der Waals surface area contributed by atoms with Gasteiger partial charge < -0.3 is 10.0 Å². The summed E-state index contributed by atoms with van der Waals surface area (Å²) in [6.45, 7) is 8.67. The maximum Gasteiger partial charge on any atom is 0.345 e. The molecule has 2 aliphatic rings. The lowest BCUT2D eigenvalue weighted by atomic mass is 9.98. The number of aliphatic hydroxyl groups is 1. The predicted molar refractivity (Wildman–Crippen MR) is 150 cm³/mol. The van der Waals surface area contributed by atoms with Gasteiger partial charge in [0.15, 0.2) is 5.82 Å². The van der Waals surface area contributed by atoms with E-state index in [0.717, 1.165) is 44.0 Å². The van der Waals surface area contributed by atoms with Crippen LogP contribution in [0.15, 0.2) is 58.4 Å². The Labute approximate surface area is 226 Å². The fourth-order valence-corrected chi connectivity index (χ4v) is 5.34. The van der Waals surface area contributed by atoms with Crippen LogP contribution in [0.3, 0.4) is 0 Å². The second-order valence-electron chi connectivity index (χ2n) is 10.6. The number of nitrogens with zero attached hydrogens (tertiary/aromatic N) is 9. The molecule has 2 aliphatic heterocycles. The molecule has 5 heterocycles. The molecule has 0 bridgehead atoms. The Morgan fingerprint density at radius 3 is 2.44 bits per heavy atom. The standard InChI is InChI=1S/C27H34N10O2/c1-27(2,39)19-7-9-20(10-8-19)34-15-12-33(13-16-34)14-17-35-25-31-24-23(37(25)32(3)26(35)38)22(30-18-36(24)28)21-6-4-5-11-29-21/h4-11,39H,12-18,28H2,1-3H3. The first-order valence-electron chi connectivity index (χ1n) is 13.2. The minimum atomic E-state index is -0.846. The number of piperazine rings is 1. The van der Waals surface area contributed by atoms with Gasteiger partial charge in [-0.25, -0.2) is 19.8 Å². The molecule has 0 amide bonds. The van der Waals surface area contributed by atoms with Gasteiger partial charge >= 0.3 is 5.69 Å². The summed E-state index contributed by atoms with van der Waals surface area (Å²) in [5.41, 5.74) is 3.12. The summed E-state index contributed by atoms with van der Waals surface area (Å²) in [5, 5.41) is 11.7. The summed E-state index contributed by atoms with van der Waals surface area (Å²) in [5.74, 6) is 7.36. The summed E-state index contributed by atoms with van der Waals surface area (Å²) in [6.07, 6.45) is 1.72. The van der Waals surface area contributed by atoms with E-state index in [1.165, 1.54) is 5.01 Å². The average Bonchev–Trinajstić information content (AvgIpc) is 3.44. The van der Waals surface area contributed by atoms with Crippen LogP contribution in [0.25, 0.3) is 5.78 Å². The topological polar surface area (TPSA) is 125 Å². The number of fused-ring (bicyclic) bond motifs is 3. The molecule has 3 aromatic heterocycles. The number of aliphatic imine (C=N–C) groups is 1. The van der Waals surface area contributed by atoms with Gasteiger partial charge in [-0.15, -0.1) is 0 Å². The normalized spacial score (nSPS) is 16.6. The number of hydrogen-bond donors (Lipinski definition) is 2. The molecule has 39 heavy (non-hydrogen) atoms. The van der Waals surface area contributed by atoms with E-state index in [4.69, 9.17) is 10.8 Å². The Morgan fingerprint density at radius 1 is 1.03 bits per heavy atom. The van der Waals surface area contributed by atoms with Crippen LogP contribution in [0.2, 0.25) is 0 Å². The van der Waals surface area contributed by atoms with Crippen LogP contribution in [0.4, 0.5) is 11.5 Å². The molecule has 6 rings (SSSR count). The van der Waals surface area contributed by atoms with Crippen LogP contribution >= 0.6 is 0 Å². The van der Waals surface area contributed by atoms with Crippen molar-refractivity contribution in [2.45, 2.75) is 26.0 Å². The summed E-state index contributed by atoms with van der Waals surface area (Å²) < 4.78 is 5.07. The third-order valence-corrected chi connectivity index (χ3v) is 7.60. The molecule has 0 radical (unpaired) electrons. The van der Waals surface area contributed by atoms with Crippen LogP contribution < -0.4 is 21.4 Å². The monoisotopic (exact) mass is 530 g/mol. The zero-order chi connectivity index (χ0) is 27.3. The molecule has 12 nitrogen and oxygen atoms in total. The molecule has 1 fully saturated rings. The molecule has 0 saturated carbocycles. The van der Waals surface area contributed by atoms with Crippen LogP contribution in [0.1, 0.15) is 30.8 Å². The van der Waals surface area contributed by atoms with Gasteiger partial charge in [0.25, 0.3) is 0 Å². The first-order chi connectivity index (χ1) is 18.7. The van der Waals surface area contributed by atoms with Gasteiger partial charge in [-0.2, -0.15) is 4.98 Å². The molecule has 12 heteroatoms. The van der Waals surface area contributed by atoms with Crippen molar-refractivity contribution in [3.63, 3.8) is 0 Å². The number of aromatic nitrogens is 5. The minimum absolute atomic E-state index is 0.139. The summed E-state index contributed by atoms with van der Waals surface area (Å²) in [4.78, 5) is 31.9. The van der Waals surface area contributed by atoms with Crippen LogP contribution in [-0.2, 0) is 19.2 Å². The molecule has 0 aliphatic carbocycles. The summed E-state index contributed by atoms with van der Waals surface area (Å²) in [7, 11) is 1.74. The Kier molecular flexibility index (Phi) is 6.25. The van der Waals surface area contributed by atoms with E-state index in [1.807, 2.05) is 30.3 Å². The highest BCUT2D eigenvalue weighted by Crippen LogP contribution is 2.27. The van der Waals surface area contributed by atoms with E-state index in [1.54, 1.807) is 40.9 Å². The number of anilines is 2. The molecule has 4 aromatic rings. The van der Waals surface area contributed by atoms with E-state index in [2.05, 4.69) is 31.9 Å². The van der Waals surface area contributed by atoms with E-state index >= 15 is 0 Å². The van der Waals surface area contributed by atoms with Gasteiger partial charge in [-0.05, 0) is 43.7 Å². The van der Waals surface area contributed by atoms with Gasteiger partial charge in [-0.1, -0.05) is 18.2 Å². The molecular weight excluding hydrogens is 496 g/mol. The second-order valence-corrected chi connectivity index (χ2v) is 10.6. The lowest BCUT2D eigenvalue weighted by Crippen LogP contribution is -2.47. The number of hydrazine groups is 1. The maximum absolute atomic E-state index is 13.3. The van der Waals surface area contributed by atoms with Crippen molar-refractivity contribution in [1.29, 1.82) is 0 Å². The predicted octanol–water partition coefficient (Wildman–Crippen LogP) is 0.768. The first-order valence-corrected chi connectivity index (χ1v) is 13.2. The van der Waals surface area contributed by atoms with Crippen molar-refractivity contribution >= 4 is 23.0 Å². The van der Waals surface area contributed by atoms with Gasteiger partial charge in [0, 0.05) is 58.2 Å². The summed E-state index contributed by atoms with van der Waals surface area (Å²) >= 11 is 0. The average molecular weight is 531 g/mol. The maximum atomic E-state index is 13.3. The van der Waals surface area contributed by atoms with Gasteiger partial charge in [-0.3, -0.25) is 24.5 Å². The highest BCUT2D eigenvalue weighted by Gasteiger charge is 2.30. The molecule has 1 aromatic carbocycles. The number of hydrogen-bond acceptors (Lipinski definition) is 9. The molecule has 0 spiro atoms. The Morgan fingerprint density at radius 2 is 1.77 bits per heavy atom. The Bertz CT molecular complexity index is 1570. The molecule has 0 unspecified atom stereocenters. The van der Waals surface area contributed by atoms with Crippen molar-refractivity contribution in [1.82, 2.24) is 28.6 Å². The van der Waals surface area contributed by atoms with Crippen molar-refractivity contribution < 1.29 is 5.11 Å². The quantitative estimate of drug-likeness (QED) is 0.350. The van der Waals surface area contributed by atoms with Crippen molar-refractivity contribution in [3.05, 3.63) is 76.1 Å². The number of rotatable bonds is 6. The first kappa shape index (κ1) is 25.3. The SMILES string of the molecule is Cn1c(=O)n(CCN2CCN(c3ccc(C(C)(C)O)cc3)CC2)c2nc3c(n21)C(c1ccccn1)=NCN3N. The number of aryl methyl sites for hydroxylation is 1. The molecule has 0 atom stereocenters. The second kappa shape index (κ2) is 9.63. The fraction of sp³-hybridized carbons (Fsp3) is 0.407. The van der Waals surface area contributed by atoms with E-state index in [9.17, 15) is 9.90 Å². The number of imidazole rings is 1. The smallest absolute Gasteiger partial charge is 0.345 e. The van der Waals surface area contributed by atoms with Crippen molar-refractivity contribution in [2.75, 3.05) is 49.3 Å². The highest BCUT2D eigenvalue weighted by atomic mass is 16.3. The van der Waals surface area contributed by atoms with Gasteiger partial charge in [0.05, 0.1) is 11.3 Å². The lowest BCUT2D eigenvalue weighted by molar-refractivity contribution is 0.0786. The molecule has 3 N–H and O–H groups in total. The minimum Gasteiger partial charge on any atom is -0.386 e. The largest absolute Gasteiger partial charge is 0.386 e. The lowest BCUT2D eigenvalue weighted by Gasteiger charge is -2.36. The zero-order valence-corrected chi connectivity index (χ0v) is 22.5. The van der Waals surface area contributed by atoms with E-state index in [0.29, 0.717) is 35.2 Å². The van der Waals surface area contributed by atoms with Crippen LogP contribution in [0, 0.1) is 0 Å². The third kappa shape index (κ3) is 4.50. The van der Waals surface area contributed by atoms with Crippen molar-refractivity contribution in [2.24, 2.45) is 17.9 Å². The molecular formula is C27H34N10O2. The Hall–Kier alpha value is -4.00. The van der Waals surface area contributed by atoms with Gasteiger partial charge in [0.1, 0.15) is 18.1 Å². The van der Waals surface area contributed by atoms with Crippen molar-refractivity contribution in [3.8, 4) is 0 Å². The van der Waals surface area contributed by atoms with E-state index in [-0.39, 0.29) is 12.4 Å². The zero-order valence-electron chi connectivity index (χ0n) is 22.5. The third-order valence-electron chi connectivity index (χ3n) is 7.60. The van der Waals surface area contributed by atoms with E-state index < -0.39 is 5.60 Å². The summed E-state index contributed by atoms with van der Waals surface area (Å²) in [6, 6.07) is 13.8. The molecule has 204 valence electrons. The van der Waals surface area contributed by atoms with Crippen LogP contribution in [0.5, 0.6) is 0 Å². The highest BCUT2D eigenvalue weighted by molar-refractivity contribution is 6.14. The number of nitrogens with two attached hydrogens (primary N) is 1. The molecule has 1 saturated heterocycles. The number of benzene rings is 1. The van der Waals surface area contributed by atoms with Gasteiger partial charge in [0.2, 0.25) is 5.78 Å². The van der Waals surface area contributed by atoms with Crippen LogP contribution in [-0.4, -0.2) is 78.8 Å².